The maximum absolute atomic E-state index is 12.6. The molecule has 21 heavy (non-hydrogen) atoms. The maximum Gasteiger partial charge on any atom is 0.259 e. The van der Waals surface area contributed by atoms with Gasteiger partial charge in [-0.2, -0.15) is 0 Å². The Bertz CT molecular complexity index is 631. The van der Waals surface area contributed by atoms with E-state index in [2.05, 4.69) is 5.16 Å². The summed E-state index contributed by atoms with van der Waals surface area (Å²) >= 11 is 0. The number of hydrogen-bond acceptors (Lipinski definition) is 4. The number of carbonyl (C=O) groups is 2. The fraction of sp³-hybridized carbons (Fsp3) is 0.267. The molecular weight excluding hydrogens is 270 g/mol. The summed E-state index contributed by atoms with van der Waals surface area (Å²) in [5, 5.41) is 3.76. The molecule has 2 amide bonds. The Labute approximate surface area is 121 Å². The predicted molar refractivity (Wildman–Crippen MR) is 75.5 cm³/mol. The highest BCUT2D eigenvalue weighted by atomic mass is 16.5. The minimum absolute atomic E-state index is 0.111. The lowest BCUT2D eigenvalue weighted by molar-refractivity contribution is -0.119. The van der Waals surface area contributed by atoms with E-state index in [1.54, 1.807) is 9.80 Å². The molecular formula is C15H15N3O3. The van der Waals surface area contributed by atoms with Crippen LogP contribution in [0.15, 0.2) is 41.1 Å². The monoisotopic (exact) mass is 285 g/mol. The third-order valence-electron chi connectivity index (χ3n) is 3.59. The van der Waals surface area contributed by atoms with Crippen molar-refractivity contribution in [3.8, 4) is 11.3 Å². The summed E-state index contributed by atoms with van der Waals surface area (Å²) in [6.07, 6.45) is 2.27. The van der Waals surface area contributed by atoms with Crippen LogP contribution in [0.2, 0.25) is 0 Å². The summed E-state index contributed by atoms with van der Waals surface area (Å²) in [4.78, 5) is 26.7. The van der Waals surface area contributed by atoms with E-state index in [0.29, 0.717) is 37.5 Å². The fourth-order valence-electron chi connectivity index (χ4n) is 2.39. The Morgan fingerprint density at radius 3 is 2.52 bits per heavy atom. The Morgan fingerprint density at radius 1 is 1.14 bits per heavy atom. The van der Waals surface area contributed by atoms with Crippen LogP contribution in [-0.2, 0) is 4.79 Å². The van der Waals surface area contributed by atoms with Crippen molar-refractivity contribution in [2.24, 2.45) is 0 Å². The average Bonchev–Trinajstić information content (AvgIpc) is 3.04. The van der Waals surface area contributed by atoms with Crippen LogP contribution in [0.3, 0.4) is 0 Å². The number of amides is 2. The van der Waals surface area contributed by atoms with Crippen LogP contribution in [0, 0.1) is 0 Å². The van der Waals surface area contributed by atoms with Crippen molar-refractivity contribution < 1.29 is 14.1 Å². The van der Waals surface area contributed by atoms with Gasteiger partial charge in [-0.15, -0.1) is 0 Å². The van der Waals surface area contributed by atoms with E-state index in [-0.39, 0.29) is 5.91 Å². The Morgan fingerprint density at radius 2 is 1.86 bits per heavy atom. The van der Waals surface area contributed by atoms with Gasteiger partial charge < -0.3 is 14.3 Å². The molecule has 108 valence electrons. The van der Waals surface area contributed by atoms with Crippen LogP contribution in [0.25, 0.3) is 11.3 Å². The molecule has 6 heteroatoms. The van der Waals surface area contributed by atoms with Crippen LogP contribution < -0.4 is 0 Å². The van der Waals surface area contributed by atoms with Gasteiger partial charge in [0.05, 0.1) is 6.20 Å². The van der Waals surface area contributed by atoms with Crippen LogP contribution in [0.5, 0.6) is 0 Å². The largest absolute Gasteiger partial charge is 0.355 e. The second kappa shape index (κ2) is 5.78. The summed E-state index contributed by atoms with van der Waals surface area (Å²) in [6.45, 7) is 2.16. The molecule has 1 aliphatic heterocycles. The van der Waals surface area contributed by atoms with Gasteiger partial charge in [0.1, 0.15) is 5.56 Å². The lowest BCUT2D eigenvalue weighted by Gasteiger charge is -2.32. The first kappa shape index (κ1) is 13.4. The van der Waals surface area contributed by atoms with E-state index in [0.717, 1.165) is 12.0 Å². The number of benzene rings is 1. The quantitative estimate of drug-likeness (QED) is 0.796. The zero-order valence-corrected chi connectivity index (χ0v) is 11.4. The van der Waals surface area contributed by atoms with Crippen LogP contribution in [0.4, 0.5) is 0 Å². The van der Waals surface area contributed by atoms with Gasteiger partial charge >= 0.3 is 0 Å². The summed E-state index contributed by atoms with van der Waals surface area (Å²) in [5.74, 6) is 0.374. The molecule has 0 aliphatic carbocycles. The molecule has 0 bridgehead atoms. The molecule has 1 aromatic heterocycles. The fourth-order valence-corrected chi connectivity index (χ4v) is 2.39. The van der Waals surface area contributed by atoms with Crippen molar-refractivity contribution >= 4 is 12.3 Å². The summed E-state index contributed by atoms with van der Waals surface area (Å²) in [5.41, 5.74) is 1.28. The molecule has 6 nitrogen and oxygen atoms in total. The molecule has 1 aliphatic rings. The highest BCUT2D eigenvalue weighted by Gasteiger charge is 2.25. The first-order chi connectivity index (χ1) is 10.3. The standard InChI is InChI=1S/C15H15N3O3/c19-11-17-6-8-18(9-7-17)15(20)13-10-16-21-14(13)12-4-2-1-3-5-12/h1-5,10-11H,6-9H2. The van der Waals surface area contributed by atoms with E-state index in [9.17, 15) is 9.59 Å². The third-order valence-corrected chi connectivity index (χ3v) is 3.59. The molecule has 3 rings (SSSR count). The van der Waals surface area contributed by atoms with Gasteiger partial charge in [-0.1, -0.05) is 35.5 Å². The number of aromatic nitrogens is 1. The summed E-state index contributed by atoms with van der Waals surface area (Å²) in [6, 6.07) is 9.42. The minimum Gasteiger partial charge on any atom is -0.355 e. The molecule has 0 unspecified atom stereocenters. The van der Waals surface area contributed by atoms with Crippen molar-refractivity contribution in [1.29, 1.82) is 0 Å². The number of carbonyl (C=O) groups excluding carboxylic acids is 2. The second-order valence-electron chi connectivity index (χ2n) is 4.87. The van der Waals surface area contributed by atoms with Crippen LogP contribution >= 0.6 is 0 Å². The van der Waals surface area contributed by atoms with Crippen molar-refractivity contribution in [3.05, 3.63) is 42.1 Å². The van der Waals surface area contributed by atoms with Gasteiger partial charge in [-0.25, -0.2) is 0 Å². The van der Waals surface area contributed by atoms with E-state index in [1.165, 1.54) is 6.20 Å². The van der Waals surface area contributed by atoms with Crippen LogP contribution in [0.1, 0.15) is 10.4 Å². The average molecular weight is 285 g/mol. The van der Waals surface area contributed by atoms with E-state index in [1.807, 2.05) is 30.3 Å². The SMILES string of the molecule is O=CN1CCN(C(=O)c2cnoc2-c2ccccc2)CC1. The van der Waals surface area contributed by atoms with E-state index >= 15 is 0 Å². The van der Waals surface area contributed by atoms with Gasteiger partial charge in [0.15, 0.2) is 5.76 Å². The summed E-state index contributed by atoms with van der Waals surface area (Å²) < 4.78 is 5.24. The normalized spacial score (nSPS) is 15.0. The second-order valence-corrected chi connectivity index (χ2v) is 4.87. The molecule has 2 aromatic rings. The Kier molecular flexibility index (Phi) is 3.68. The van der Waals surface area contributed by atoms with E-state index in [4.69, 9.17) is 4.52 Å². The zero-order chi connectivity index (χ0) is 14.7. The highest BCUT2D eigenvalue weighted by molar-refractivity contribution is 5.99. The van der Waals surface area contributed by atoms with Gasteiger partial charge in [-0.3, -0.25) is 9.59 Å². The first-order valence-electron chi connectivity index (χ1n) is 6.78. The van der Waals surface area contributed by atoms with Crippen molar-refractivity contribution in [2.75, 3.05) is 26.2 Å². The predicted octanol–water partition coefficient (Wildman–Crippen LogP) is 1.26. The number of nitrogens with zero attached hydrogens (tertiary/aromatic N) is 3. The van der Waals surface area contributed by atoms with Gasteiger partial charge in [0.2, 0.25) is 6.41 Å². The molecule has 1 aromatic carbocycles. The number of piperazine rings is 1. The Balaban J connectivity index is 1.80. The van der Waals surface area contributed by atoms with Crippen molar-refractivity contribution in [2.45, 2.75) is 0 Å². The molecule has 0 N–H and O–H groups in total. The molecule has 1 saturated heterocycles. The minimum atomic E-state index is -0.111. The van der Waals surface area contributed by atoms with Crippen molar-refractivity contribution in [3.63, 3.8) is 0 Å². The van der Waals surface area contributed by atoms with Crippen LogP contribution in [-0.4, -0.2) is 53.5 Å². The summed E-state index contributed by atoms with van der Waals surface area (Å²) in [7, 11) is 0. The first-order valence-corrected chi connectivity index (χ1v) is 6.78. The third kappa shape index (κ3) is 2.65. The molecule has 0 atom stereocenters. The molecule has 0 saturated carbocycles. The van der Waals surface area contributed by atoms with E-state index < -0.39 is 0 Å². The Hall–Kier alpha value is -2.63. The van der Waals surface area contributed by atoms with Gasteiger partial charge in [-0.05, 0) is 0 Å². The maximum atomic E-state index is 12.6. The molecule has 0 radical (unpaired) electrons. The molecule has 2 heterocycles. The molecule has 0 spiro atoms. The smallest absolute Gasteiger partial charge is 0.259 e. The molecule has 1 fully saturated rings. The number of hydrogen-bond donors (Lipinski definition) is 0. The number of rotatable bonds is 3. The topological polar surface area (TPSA) is 66.7 Å². The van der Waals surface area contributed by atoms with Gasteiger partial charge in [0.25, 0.3) is 5.91 Å². The zero-order valence-electron chi connectivity index (χ0n) is 11.4. The van der Waals surface area contributed by atoms with Crippen molar-refractivity contribution in [1.82, 2.24) is 15.0 Å². The lowest BCUT2D eigenvalue weighted by atomic mass is 10.1. The lowest BCUT2D eigenvalue weighted by Crippen LogP contribution is -2.48. The van der Waals surface area contributed by atoms with Gasteiger partial charge in [0, 0.05) is 31.7 Å². The highest BCUT2D eigenvalue weighted by Crippen LogP contribution is 2.24.